The lowest BCUT2D eigenvalue weighted by Gasteiger charge is -2.45. The maximum absolute atomic E-state index is 14.2. The van der Waals surface area contributed by atoms with E-state index in [9.17, 15) is 102 Å². The van der Waals surface area contributed by atoms with Crippen LogP contribution >= 0.6 is 0 Å². The Kier molecular flexibility index (Phi) is 11.8. The van der Waals surface area contributed by atoms with Crippen molar-refractivity contribution in [1.29, 1.82) is 0 Å². The number of hydrogen-bond donors (Lipinski definition) is 0. The van der Waals surface area contributed by atoms with Crippen LogP contribution < -0.4 is 14.4 Å². The number of anilines is 1. The van der Waals surface area contributed by atoms with Gasteiger partial charge in [0.1, 0.15) is 17.2 Å². The van der Waals surface area contributed by atoms with Crippen LogP contribution in [0.4, 0.5) is 104 Å². The molecule has 0 aliphatic carbocycles. The Morgan fingerprint density at radius 2 is 1.11 bits per heavy atom. The molecule has 0 saturated heterocycles. The van der Waals surface area contributed by atoms with E-state index in [2.05, 4.69) is 9.73 Å². The summed E-state index contributed by atoms with van der Waals surface area (Å²) >= 11 is 0. The minimum Gasteiger partial charge on any atom is -0.459 e. The summed E-state index contributed by atoms with van der Waals surface area (Å²) in [5.74, 6) is -82.5. The molecule has 1 unspecified atom stereocenters. The highest BCUT2D eigenvalue weighted by molar-refractivity contribution is 6.00. The Morgan fingerprint density at radius 3 is 1.63 bits per heavy atom. The van der Waals surface area contributed by atoms with Crippen LogP contribution in [0.15, 0.2) is 59.6 Å². The van der Waals surface area contributed by atoms with E-state index in [0.29, 0.717) is 10.8 Å². The molecule has 0 saturated carbocycles. The number of benzene rings is 3. The van der Waals surface area contributed by atoms with Crippen LogP contribution in [-0.2, 0) is 19.7 Å². The molecule has 5 rings (SSSR count). The minimum absolute atomic E-state index is 0.248. The van der Waals surface area contributed by atoms with Crippen LogP contribution in [0.1, 0.15) is 32.3 Å². The third-order valence-electron chi connectivity index (χ3n) is 10.6. The van der Waals surface area contributed by atoms with Gasteiger partial charge in [0.25, 0.3) is 0 Å². The van der Waals surface area contributed by atoms with Gasteiger partial charge < -0.3 is 19.1 Å². The first-order valence-corrected chi connectivity index (χ1v) is 17.6. The van der Waals surface area contributed by atoms with Gasteiger partial charge in [-0.15, -0.1) is 0 Å². The second-order valence-electron chi connectivity index (χ2n) is 15.0. The number of carbonyl (C=O) groups excluding carboxylic acids is 2. The van der Waals surface area contributed by atoms with E-state index in [0.717, 1.165) is 11.3 Å². The van der Waals surface area contributed by atoms with Gasteiger partial charge in [0.15, 0.2) is 6.61 Å². The van der Waals surface area contributed by atoms with Crippen LogP contribution in [0.5, 0.6) is 11.5 Å². The molecule has 0 bridgehead atoms. The van der Waals surface area contributed by atoms with Gasteiger partial charge in [0.05, 0.1) is 24.5 Å². The van der Waals surface area contributed by atoms with E-state index >= 15 is 0 Å². The van der Waals surface area contributed by atoms with Gasteiger partial charge in [0.2, 0.25) is 5.72 Å². The second kappa shape index (κ2) is 15.1. The molecule has 0 fully saturated rings. The van der Waals surface area contributed by atoms with Gasteiger partial charge in [0, 0.05) is 18.1 Å². The fourth-order valence-electron chi connectivity index (χ4n) is 6.73. The van der Waals surface area contributed by atoms with Crippen molar-refractivity contribution < 1.29 is 116 Å². The zero-order valence-corrected chi connectivity index (χ0v) is 32.3. The van der Waals surface area contributed by atoms with Crippen molar-refractivity contribution in [2.24, 2.45) is 4.99 Å². The quantitative estimate of drug-likeness (QED) is 0.0910. The summed E-state index contributed by atoms with van der Waals surface area (Å²) in [5.41, 5.74) is 0.270. The molecule has 7 nitrogen and oxygen atoms in total. The largest absolute Gasteiger partial charge is 0.460 e. The molecular weight excluding hydrogens is 951 g/mol. The first-order valence-electron chi connectivity index (χ1n) is 17.6. The molecule has 0 amide bonds. The number of para-hydroxylation sites is 1. The van der Waals surface area contributed by atoms with Gasteiger partial charge in [-0.1, -0.05) is 30.3 Å². The normalized spacial score (nSPS) is 18.7. The lowest BCUT2D eigenvalue weighted by Crippen LogP contribution is -2.77. The van der Waals surface area contributed by atoms with E-state index in [1.54, 1.807) is 25.4 Å². The molecule has 360 valence electrons. The molecule has 0 aromatic heterocycles. The number of rotatable bonds is 14. The SMILES string of the molecule is CN1c2ccccc2C(C)(C)C12C=Nc1c(ccc3ccc(OC(=O)CCC(=O)OCC(F)(F)C(F)(F)C(F)(F)C(F)(F)C(F)(F)C(F)(F)C(F)(F)C(F)(F)C(F)(F)C(F)(F)F)cc13)O2. The summed E-state index contributed by atoms with van der Waals surface area (Å²) < 4.78 is 301. The number of alkyl halides is 21. The number of ether oxygens (including phenoxy) is 3. The lowest BCUT2D eigenvalue weighted by molar-refractivity contribution is -0.474. The summed E-state index contributed by atoms with van der Waals surface area (Å²) in [7, 11) is 1.79. The smallest absolute Gasteiger partial charge is 0.459 e. The average molecular weight is 977 g/mol. The zero-order valence-electron chi connectivity index (χ0n) is 32.3. The Morgan fingerprint density at radius 1 is 0.631 bits per heavy atom. The maximum atomic E-state index is 14.2. The van der Waals surface area contributed by atoms with E-state index < -0.39 is 102 Å². The number of fused-ring (bicyclic) bond motifs is 4. The van der Waals surface area contributed by atoms with E-state index in [-0.39, 0.29) is 17.2 Å². The Bertz CT molecular complexity index is 2400. The van der Waals surface area contributed by atoms with Crippen molar-refractivity contribution in [2.75, 3.05) is 18.6 Å². The van der Waals surface area contributed by atoms with Crippen molar-refractivity contribution in [2.45, 2.75) is 97.3 Å². The third kappa shape index (κ3) is 7.03. The van der Waals surface area contributed by atoms with Gasteiger partial charge in [-0.2, -0.15) is 92.2 Å². The number of likely N-dealkylation sites (N-methyl/N-ethyl adjacent to an activating group) is 1. The number of hydrogen-bond acceptors (Lipinski definition) is 7. The summed E-state index contributed by atoms with van der Waals surface area (Å²) in [5, 5.41) is 0.825. The van der Waals surface area contributed by atoms with Crippen molar-refractivity contribution in [3.8, 4) is 11.5 Å². The zero-order chi connectivity index (χ0) is 49.8. The Balaban J connectivity index is 1.26. The van der Waals surface area contributed by atoms with E-state index in [1.165, 1.54) is 18.2 Å². The molecular formula is C37H25F21N2O5. The monoisotopic (exact) mass is 976 g/mol. The van der Waals surface area contributed by atoms with Crippen LogP contribution in [-0.4, -0.2) is 97.0 Å². The maximum Gasteiger partial charge on any atom is 0.460 e. The first kappa shape index (κ1) is 50.7. The number of carbonyl (C=O) groups is 2. The minimum atomic E-state index is -9.31. The van der Waals surface area contributed by atoms with E-state index in [1.807, 2.05) is 43.0 Å². The highest BCUT2D eigenvalue weighted by Gasteiger charge is 2.98. The lowest BCUT2D eigenvalue weighted by atomic mass is 9.77. The highest BCUT2D eigenvalue weighted by atomic mass is 19.4. The van der Waals surface area contributed by atoms with Crippen molar-refractivity contribution >= 4 is 40.3 Å². The number of aliphatic imine (C=N–C) groups is 1. The molecule has 2 aliphatic rings. The van der Waals surface area contributed by atoms with Gasteiger partial charge in [-0.3, -0.25) is 14.6 Å². The van der Waals surface area contributed by atoms with Crippen LogP contribution in [0.3, 0.4) is 0 Å². The highest BCUT2D eigenvalue weighted by Crippen LogP contribution is 2.66. The van der Waals surface area contributed by atoms with Crippen LogP contribution in [0.2, 0.25) is 0 Å². The Hall–Kier alpha value is -5.34. The number of halogens is 21. The molecule has 0 N–H and O–H groups in total. The molecule has 2 heterocycles. The molecule has 3 aromatic rings. The summed E-state index contributed by atoms with van der Waals surface area (Å²) in [6, 6.07) is 14.6. The summed E-state index contributed by atoms with van der Waals surface area (Å²) in [6.45, 7) is 0.264. The fourth-order valence-corrected chi connectivity index (χ4v) is 6.73. The van der Waals surface area contributed by atoms with Crippen LogP contribution in [0.25, 0.3) is 10.8 Å². The average Bonchev–Trinajstić information content (AvgIpc) is 3.35. The number of esters is 2. The second-order valence-corrected chi connectivity index (χ2v) is 15.0. The molecule has 2 aliphatic heterocycles. The molecule has 0 radical (unpaired) electrons. The fraction of sp³-hybridized carbons (Fsp3) is 0.486. The number of nitrogens with zero attached hydrogens (tertiary/aromatic N) is 2. The first-order chi connectivity index (χ1) is 29.2. The Labute approximate surface area is 349 Å². The van der Waals surface area contributed by atoms with Crippen molar-refractivity contribution in [3.05, 3.63) is 60.2 Å². The third-order valence-corrected chi connectivity index (χ3v) is 10.6. The van der Waals surface area contributed by atoms with Crippen LogP contribution in [0, 0.1) is 0 Å². The molecule has 1 spiro atoms. The van der Waals surface area contributed by atoms with Gasteiger partial charge >= 0.3 is 71.4 Å². The summed E-state index contributed by atoms with van der Waals surface area (Å²) in [6.07, 6.45) is -9.27. The predicted octanol–water partition coefficient (Wildman–Crippen LogP) is 11.6. The molecule has 3 aromatic carbocycles. The predicted molar refractivity (Wildman–Crippen MR) is 180 cm³/mol. The standard InChI is InChI=1S/C37H25F21N2O5/c1-26(2)20-6-4-5-7-21(20)60(3)28(26)15-59-25-19-14-18(10-8-17(19)9-11-22(25)65-28)64-24(62)13-12-23(61)63-16-27(38,39)29(40,41)30(42,43)31(44,45)32(46,47)33(48,49)34(50,51)35(52,53)36(54,55)37(56,57)58/h4-11,14-15H,12-13,16H2,1-3H3. The summed E-state index contributed by atoms with van der Waals surface area (Å²) in [4.78, 5) is 30.9. The molecule has 65 heavy (non-hydrogen) atoms. The van der Waals surface area contributed by atoms with Gasteiger partial charge in [-0.05, 0) is 49.1 Å². The molecule has 28 heteroatoms. The van der Waals surface area contributed by atoms with Gasteiger partial charge in [-0.25, -0.2) is 0 Å². The topological polar surface area (TPSA) is 77.4 Å². The molecule has 1 atom stereocenters. The van der Waals surface area contributed by atoms with Crippen molar-refractivity contribution in [1.82, 2.24) is 0 Å². The van der Waals surface area contributed by atoms with E-state index in [4.69, 9.17) is 9.47 Å². The van der Waals surface area contributed by atoms with Crippen molar-refractivity contribution in [3.63, 3.8) is 0 Å².